The summed E-state index contributed by atoms with van der Waals surface area (Å²) in [5.74, 6) is -3.71. The standard InChI is InChI=1S/C16H13NO7/c18-12-7-16(22,15(20)21)8-13(19)24-14(23-12)11-6-5-9-3-1-2-4-10(9)17-11/h1-6,14,22H,7-8H2,(H,20,21). The van der Waals surface area contributed by atoms with Crippen molar-refractivity contribution in [1.29, 1.82) is 0 Å². The monoisotopic (exact) mass is 331 g/mol. The number of carbonyl (C=O) groups excluding carboxylic acids is 2. The summed E-state index contributed by atoms with van der Waals surface area (Å²) in [5, 5.41) is 19.7. The largest absolute Gasteiger partial charge is 0.479 e. The Morgan fingerprint density at radius 3 is 2.33 bits per heavy atom. The number of aliphatic hydroxyl groups is 1. The lowest BCUT2D eigenvalue weighted by molar-refractivity contribution is -0.207. The molecule has 1 aliphatic heterocycles. The first-order valence-corrected chi connectivity index (χ1v) is 7.08. The van der Waals surface area contributed by atoms with Crippen LogP contribution in [0, 0.1) is 0 Å². The molecule has 8 heteroatoms. The summed E-state index contributed by atoms with van der Waals surface area (Å²) in [4.78, 5) is 39.0. The number of pyridine rings is 1. The van der Waals surface area contributed by atoms with Gasteiger partial charge in [-0.25, -0.2) is 9.78 Å². The molecule has 0 radical (unpaired) electrons. The Bertz CT molecular complexity index is 812. The molecule has 1 fully saturated rings. The maximum absolute atomic E-state index is 11.8. The number of benzene rings is 1. The topological polar surface area (TPSA) is 123 Å². The number of fused-ring (bicyclic) bond motifs is 1. The Balaban J connectivity index is 1.90. The zero-order valence-corrected chi connectivity index (χ0v) is 12.3. The number of rotatable bonds is 2. The number of hydrogen-bond acceptors (Lipinski definition) is 7. The number of para-hydroxylation sites is 1. The number of esters is 2. The van der Waals surface area contributed by atoms with E-state index in [1.165, 1.54) is 0 Å². The summed E-state index contributed by atoms with van der Waals surface area (Å²) < 4.78 is 9.95. The number of aliphatic carboxylic acids is 1. The van der Waals surface area contributed by atoms with Gasteiger partial charge in [0.25, 0.3) is 6.29 Å². The predicted octanol–water partition coefficient (Wildman–Crippen LogP) is 0.929. The van der Waals surface area contributed by atoms with Gasteiger partial charge in [-0.3, -0.25) is 9.59 Å². The lowest BCUT2D eigenvalue weighted by Gasteiger charge is -2.27. The van der Waals surface area contributed by atoms with Crippen LogP contribution in [0.25, 0.3) is 10.9 Å². The summed E-state index contributed by atoms with van der Waals surface area (Å²) in [7, 11) is 0. The summed E-state index contributed by atoms with van der Waals surface area (Å²) >= 11 is 0. The van der Waals surface area contributed by atoms with Crippen LogP contribution in [0.15, 0.2) is 36.4 Å². The van der Waals surface area contributed by atoms with Crippen molar-refractivity contribution in [3.63, 3.8) is 0 Å². The molecule has 1 aromatic heterocycles. The van der Waals surface area contributed by atoms with Gasteiger partial charge in [0, 0.05) is 5.39 Å². The highest BCUT2D eigenvalue weighted by Gasteiger charge is 2.45. The number of carboxylic acid groups (broad SMARTS) is 1. The second kappa shape index (κ2) is 5.89. The summed E-state index contributed by atoms with van der Waals surface area (Å²) in [5.41, 5.74) is -1.74. The fraction of sp³-hybridized carbons (Fsp3) is 0.250. The number of aromatic nitrogens is 1. The van der Waals surface area contributed by atoms with Gasteiger partial charge >= 0.3 is 17.9 Å². The van der Waals surface area contributed by atoms with Crippen molar-refractivity contribution in [2.75, 3.05) is 0 Å². The normalized spacial score (nSPS) is 24.6. The van der Waals surface area contributed by atoms with Gasteiger partial charge in [-0.2, -0.15) is 0 Å². The van der Waals surface area contributed by atoms with Crippen LogP contribution in [0.5, 0.6) is 0 Å². The van der Waals surface area contributed by atoms with Crippen LogP contribution in [0.2, 0.25) is 0 Å². The molecule has 1 aromatic carbocycles. The van der Waals surface area contributed by atoms with E-state index >= 15 is 0 Å². The Morgan fingerprint density at radius 2 is 1.71 bits per heavy atom. The molecule has 2 N–H and O–H groups in total. The highest BCUT2D eigenvalue weighted by molar-refractivity contribution is 5.89. The smallest absolute Gasteiger partial charge is 0.336 e. The van der Waals surface area contributed by atoms with E-state index in [-0.39, 0.29) is 5.69 Å². The maximum Gasteiger partial charge on any atom is 0.336 e. The highest BCUT2D eigenvalue weighted by atomic mass is 16.7. The van der Waals surface area contributed by atoms with E-state index < -0.39 is 42.6 Å². The number of carboxylic acids is 1. The first kappa shape index (κ1) is 15.9. The quantitative estimate of drug-likeness (QED) is 0.779. The molecule has 1 saturated heterocycles. The van der Waals surface area contributed by atoms with Crippen molar-refractivity contribution in [2.45, 2.75) is 24.7 Å². The first-order chi connectivity index (χ1) is 11.4. The van der Waals surface area contributed by atoms with Crippen molar-refractivity contribution >= 4 is 28.8 Å². The number of hydrogen-bond donors (Lipinski definition) is 2. The van der Waals surface area contributed by atoms with Crippen molar-refractivity contribution in [3.05, 3.63) is 42.1 Å². The average molecular weight is 331 g/mol. The minimum absolute atomic E-state index is 0.191. The van der Waals surface area contributed by atoms with E-state index in [1.807, 2.05) is 12.1 Å². The fourth-order valence-corrected chi connectivity index (χ4v) is 2.37. The van der Waals surface area contributed by atoms with Crippen LogP contribution >= 0.6 is 0 Å². The first-order valence-electron chi connectivity index (χ1n) is 7.08. The van der Waals surface area contributed by atoms with Crippen molar-refractivity contribution < 1.29 is 34.1 Å². The molecule has 0 spiro atoms. The van der Waals surface area contributed by atoms with Crippen molar-refractivity contribution in [2.24, 2.45) is 0 Å². The number of ether oxygens (including phenoxy) is 2. The van der Waals surface area contributed by atoms with Crippen LogP contribution in [0.4, 0.5) is 0 Å². The fourth-order valence-electron chi connectivity index (χ4n) is 2.37. The summed E-state index contributed by atoms with van der Waals surface area (Å²) in [6, 6.07) is 10.5. The van der Waals surface area contributed by atoms with Gasteiger partial charge in [-0.15, -0.1) is 0 Å². The molecule has 8 nitrogen and oxygen atoms in total. The van der Waals surface area contributed by atoms with Crippen LogP contribution < -0.4 is 0 Å². The number of carbonyl (C=O) groups is 3. The molecule has 0 unspecified atom stereocenters. The molecule has 0 bridgehead atoms. The second-order valence-electron chi connectivity index (χ2n) is 5.43. The van der Waals surface area contributed by atoms with Gasteiger partial charge in [-0.05, 0) is 12.1 Å². The third kappa shape index (κ3) is 3.04. The number of cyclic esters (lactones) is 2. The van der Waals surface area contributed by atoms with E-state index in [9.17, 15) is 19.5 Å². The zero-order chi connectivity index (χ0) is 17.3. The predicted molar refractivity (Wildman–Crippen MR) is 78.5 cm³/mol. The molecule has 0 amide bonds. The van der Waals surface area contributed by atoms with Crippen LogP contribution in [0.3, 0.4) is 0 Å². The van der Waals surface area contributed by atoms with E-state index in [0.29, 0.717) is 5.52 Å². The summed E-state index contributed by atoms with van der Waals surface area (Å²) in [6.45, 7) is 0. The van der Waals surface area contributed by atoms with Crippen LogP contribution in [-0.4, -0.2) is 38.7 Å². The SMILES string of the molecule is O=C1CC(O)(C(=O)O)CC(=O)OC(c2ccc3ccccc3n2)O1. The minimum Gasteiger partial charge on any atom is -0.479 e. The molecular formula is C16H13NO7. The lowest BCUT2D eigenvalue weighted by Crippen LogP contribution is -2.45. The summed E-state index contributed by atoms with van der Waals surface area (Å²) in [6.07, 6.45) is -3.11. The van der Waals surface area contributed by atoms with Crippen LogP contribution in [0.1, 0.15) is 24.8 Å². The zero-order valence-electron chi connectivity index (χ0n) is 12.3. The highest BCUT2D eigenvalue weighted by Crippen LogP contribution is 2.28. The molecule has 3 rings (SSSR count). The van der Waals surface area contributed by atoms with Gasteiger partial charge in [0.05, 0.1) is 18.4 Å². The van der Waals surface area contributed by atoms with E-state index in [2.05, 4.69) is 4.98 Å². The molecule has 0 aliphatic carbocycles. The van der Waals surface area contributed by atoms with Crippen molar-refractivity contribution in [3.8, 4) is 0 Å². The number of nitrogens with zero attached hydrogens (tertiary/aromatic N) is 1. The van der Waals surface area contributed by atoms with Gasteiger partial charge in [0.2, 0.25) is 0 Å². The Labute approximate surface area is 135 Å². The minimum atomic E-state index is -2.55. The second-order valence-corrected chi connectivity index (χ2v) is 5.43. The van der Waals surface area contributed by atoms with Gasteiger partial charge in [0.1, 0.15) is 5.69 Å². The van der Waals surface area contributed by atoms with Crippen LogP contribution in [-0.2, 0) is 23.9 Å². The molecule has 124 valence electrons. The van der Waals surface area contributed by atoms with Gasteiger partial charge in [-0.1, -0.05) is 24.3 Å². The van der Waals surface area contributed by atoms with Gasteiger partial charge in [0.15, 0.2) is 5.60 Å². The van der Waals surface area contributed by atoms with E-state index in [4.69, 9.17) is 14.6 Å². The third-order valence-corrected chi connectivity index (χ3v) is 3.61. The van der Waals surface area contributed by atoms with E-state index in [0.717, 1.165) is 5.39 Å². The van der Waals surface area contributed by atoms with Gasteiger partial charge < -0.3 is 19.7 Å². The molecule has 24 heavy (non-hydrogen) atoms. The molecule has 2 heterocycles. The molecular weight excluding hydrogens is 318 g/mol. The lowest BCUT2D eigenvalue weighted by atomic mass is 9.95. The Morgan fingerprint density at radius 1 is 1.08 bits per heavy atom. The average Bonchev–Trinajstić information content (AvgIpc) is 2.52. The van der Waals surface area contributed by atoms with Crippen molar-refractivity contribution in [1.82, 2.24) is 4.98 Å². The van der Waals surface area contributed by atoms with E-state index in [1.54, 1.807) is 24.3 Å². The molecule has 1 aliphatic rings. The molecule has 2 aromatic rings. The third-order valence-electron chi connectivity index (χ3n) is 3.61. The Hall–Kier alpha value is -3.00. The molecule has 0 atom stereocenters. The molecule has 0 saturated carbocycles. The maximum atomic E-state index is 11.8. The Kier molecular flexibility index (Phi) is 3.90.